The maximum Gasteiger partial charge on any atom is 0.416 e. The lowest BCUT2D eigenvalue weighted by atomic mass is 10.1. The molecule has 1 atom stereocenters. The van der Waals surface area contributed by atoms with Gasteiger partial charge in [-0.2, -0.15) is 31.4 Å². The largest absolute Gasteiger partial charge is 0.438 e. The van der Waals surface area contributed by atoms with Crippen LogP contribution >= 0.6 is 0 Å². The molecule has 0 fully saturated rings. The summed E-state index contributed by atoms with van der Waals surface area (Å²) in [6.07, 6.45) is -9.58. The summed E-state index contributed by atoms with van der Waals surface area (Å²) in [6.45, 7) is -1.06. The Hall–Kier alpha value is -3.61. The molecule has 0 unspecified atom stereocenters. The van der Waals surface area contributed by atoms with E-state index in [0.717, 1.165) is 30.5 Å². The van der Waals surface area contributed by atoms with Crippen LogP contribution < -0.4 is 10.1 Å². The van der Waals surface area contributed by atoms with Crippen molar-refractivity contribution in [3.05, 3.63) is 59.9 Å². The molecule has 0 spiro atoms. The molecule has 2 aromatic heterocycles. The highest BCUT2D eigenvalue weighted by atomic mass is 19.4. The number of aliphatic hydroxyl groups is 1. The van der Waals surface area contributed by atoms with Gasteiger partial charge in [0.15, 0.2) is 6.10 Å². The topological polar surface area (TPSA) is 89.3 Å². The minimum atomic E-state index is -4.90. The van der Waals surface area contributed by atoms with Crippen molar-refractivity contribution in [2.24, 2.45) is 7.05 Å². The van der Waals surface area contributed by atoms with Crippen LogP contribution in [0.25, 0.3) is 11.3 Å². The van der Waals surface area contributed by atoms with E-state index >= 15 is 0 Å². The van der Waals surface area contributed by atoms with Crippen molar-refractivity contribution in [1.29, 1.82) is 0 Å². The van der Waals surface area contributed by atoms with Gasteiger partial charge in [-0.15, -0.1) is 0 Å². The van der Waals surface area contributed by atoms with Crippen molar-refractivity contribution in [1.82, 2.24) is 20.1 Å². The number of hydrogen-bond acceptors (Lipinski definition) is 5. The average Bonchev–Trinajstić information content (AvgIpc) is 3.17. The van der Waals surface area contributed by atoms with E-state index in [2.05, 4.69) is 10.1 Å². The van der Waals surface area contributed by atoms with E-state index in [9.17, 15) is 31.1 Å². The Bertz CT molecular complexity index is 1130. The summed E-state index contributed by atoms with van der Waals surface area (Å²) in [5, 5.41) is 15.2. The molecule has 0 aliphatic rings. The summed E-state index contributed by atoms with van der Waals surface area (Å²) in [6, 6.07) is 6.63. The van der Waals surface area contributed by atoms with Crippen LogP contribution in [-0.2, 0) is 13.2 Å². The van der Waals surface area contributed by atoms with Crippen LogP contribution in [0.1, 0.15) is 15.9 Å². The molecule has 2 heterocycles. The van der Waals surface area contributed by atoms with E-state index in [4.69, 9.17) is 9.84 Å². The maximum atomic E-state index is 12.8. The van der Waals surface area contributed by atoms with Crippen LogP contribution in [0.15, 0.2) is 48.8 Å². The first-order chi connectivity index (χ1) is 15.3. The number of amides is 1. The molecule has 0 saturated heterocycles. The van der Waals surface area contributed by atoms with Gasteiger partial charge >= 0.3 is 12.4 Å². The average molecular weight is 474 g/mol. The molecule has 1 aromatic carbocycles. The molecule has 33 heavy (non-hydrogen) atoms. The van der Waals surface area contributed by atoms with Gasteiger partial charge in [-0.3, -0.25) is 9.48 Å². The van der Waals surface area contributed by atoms with Crippen molar-refractivity contribution >= 4 is 5.91 Å². The summed E-state index contributed by atoms with van der Waals surface area (Å²) in [5.74, 6) is -1.01. The van der Waals surface area contributed by atoms with Gasteiger partial charge in [0.2, 0.25) is 5.88 Å². The van der Waals surface area contributed by atoms with Gasteiger partial charge < -0.3 is 15.2 Å². The van der Waals surface area contributed by atoms with Crippen LogP contribution in [0, 0.1) is 0 Å². The fourth-order valence-corrected chi connectivity index (χ4v) is 2.63. The second-order valence-corrected chi connectivity index (χ2v) is 6.84. The lowest BCUT2D eigenvalue weighted by molar-refractivity contribution is -0.201. The van der Waals surface area contributed by atoms with Crippen LogP contribution in [0.3, 0.4) is 0 Å². The molecule has 0 radical (unpaired) electrons. The second-order valence-electron chi connectivity index (χ2n) is 6.84. The van der Waals surface area contributed by atoms with Gasteiger partial charge in [0, 0.05) is 19.4 Å². The first-order valence-electron chi connectivity index (χ1n) is 9.23. The van der Waals surface area contributed by atoms with Crippen LogP contribution in [0.5, 0.6) is 11.6 Å². The molecular weight excluding hydrogens is 458 g/mol. The molecule has 0 aliphatic carbocycles. The zero-order valence-corrected chi connectivity index (χ0v) is 16.8. The highest BCUT2D eigenvalue weighted by Crippen LogP contribution is 2.34. The quantitative estimate of drug-likeness (QED) is 0.529. The molecule has 7 nitrogen and oxygen atoms in total. The summed E-state index contributed by atoms with van der Waals surface area (Å²) in [7, 11) is 1.61. The third-order valence-corrected chi connectivity index (χ3v) is 4.33. The van der Waals surface area contributed by atoms with Gasteiger partial charge in [-0.1, -0.05) is 0 Å². The number of hydrogen-bond donors (Lipinski definition) is 2. The molecular formula is C20H16F6N4O3. The molecule has 3 aromatic rings. The molecule has 3 rings (SSSR count). The number of nitrogens with zero attached hydrogens (tertiary/aromatic N) is 3. The van der Waals surface area contributed by atoms with Crippen molar-refractivity contribution in [3.63, 3.8) is 0 Å². The standard InChI is InChI=1S/C20H16F6N4O3/c1-30-7-6-15(29-30)14-8-11(17(32)27-10-16(31)20(24,25)26)9-28-18(14)33-13-4-2-12(3-5-13)19(21,22)23/h2-9,16,31H,10H2,1H3,(H,27,32)/t16-/m0/s1. The lowest BCUT2D eigenvalue weighted by Crippen LogP contribution is -2.40. The predicted molar refractivity (Wildman–Crippen MR) is 102 cm³/mol. The Morgan fingerprint density at radius 3 is 2.36 bits per heavy atom. The van der Waals surface area contributed by atoms with E-state index in [1.807, 2.05) is 5.32 Å². The molecule has 176 valence electrons. The van der Waals surface area contributed by atoms with E-state index in [1.165, 1.54) is 10.7 Å². The Morgan fingerprint density at radius 1 is 1.15 bits per heavy atom. The van der Waals surface area contributed by atoms with Gasteiger partial charge in [-0.05, 0) is 36.4 Å². The molecule has 0 bridgehead atoms. The Balaban J connectivity index is 1.87. The van der Waals surface area contributed by atoms with E-state index in [1.54, 1.807) is 19.3 Å². The number of carbonyl (C=O) groups excluding carboxylic acids is 1. The number of aliphatic hydroxyl groups excluding tert-OH is 1. The normalized spacial score (nSPS) is 13.0. The van der Waals surface area contributed by atoms with Crippen LogP contribution in [0.4, 0.5) is 26.3 Å². The summed E-state index contributed by atoms with van der Waals surface area (Å²) in [5.41, 5.74) is -0.568. The Labute approximate surface area is 182 Å². The minimum Gasteiger partial charge on any atom is -0.438 e. The third kappa shape index (κ3) is 6.00. The highest BCUT2D eigenvalue weighted by molar-refractivity contribution is 5.95. The van der Waals surface area contributed by atoms with E-state index in [0.29, 0.717) is 0 Å². The zero-order chi connectivity index (χ0) is 24.4. The number of nitrogens with one attached hydrogen (secondary N) is 1. The number of halogens is 6. The van der Waals surface area contributed by atoms with Crippen molar-refractivity contribution in [2.45, 2.75) is 18.5 Å². The lowest BCUT2D eigenvalue weighted by Gasteiger charge is -2.15. The SMILES string of the molecule is Cn1ccc(-c2cc(C(=O)NC[C@H](O)C(F)(F)F)cnc2Oc2ccc(C(F)(F)F)cc2)n1. The fraction of sp³-hybridized carbons (Fsp3) is 0.250. The first-order valence-corrected chi connectivity index (χ1v) is 9.23. The number of benzene rings is 1. The summed E-state index contributed by atoms with van der Waals surface area (Å²) >= 11 is 0. The molecule has 1 amide bonds. The van der Waals surface area contributed by atoms with Crippen molar-refractivity contribution in [2.75, 3.05) is 6.54 Å². The fourth-order valence-electron chi connectivity index (χ4n) is 2.63. The summed E-state index contributed by atoms with van der Waals surface area (Å²) in [4.78, 5) is 16.3. The zero-order valence-electron chi connectivity index (χ0n) is 16.8. The Morgan fingerprint density at radius 2 is 1.82 bits per heavy atom. The smallest absolute Gasteiger partial charge is 0.416 e. The van der Waals surface area contributed by atoms with Crippen LogP contribution in [-0.4, -0.2) is 44.6 Å². The molecule has 0 aliphatic heterocycles. The van der Waals surface area contributed by atoms with Gasteiger partial charge in [0.1, 0.15) is 5.75 Å². The van der Waals surface area contributed by atoms with Crippen LogP contribution in [0.2, 0.25) is 0 Å². The second kappa shape index (κ2) is 9.10. The van der Waals surface area contributed by atoms with E-state index < -0.39 is 36.5 Å². The Kier molecular flexibility index (Phi) is 6.63. The van der Waals surface area contributed by atoms with Gasteiger partial charge in [0.25, 0.3) is 5.91 Å². The monoisotopic (exact) mass is 474 g/mol. The molecule has 0 saturated carbocycles. The minimum absolute atomic E-state index is 0.0261. The van der Waals surface area contributed by atoms with E-state index in [-0.39, 0.29) is 28.5 Å². The van der Waals surface area contributed by atoms with Crippen molar-refractivity contribution < 1.29 is 41.0 Å². The number of aryl methyl sites for hydroxylation is 1. The number of pyridine rings is 1. The number of aromatic nitrogens is 3. The summed E-state index contributed by atoms with van der Waals surface area (Å²) < 4.78 is 82.6. The van der Waals surface area contributed by atoms with Crippen molar-refractivity contribution in [3.8, 4) is 22.9 Å². The first kappa shape index (κ1) is 24.0. The third-order valence-electron chi connectivity index (χ3n) is 4.33. The predicted octanol–water partition coefficient (Wildman–Crippen LogP) is 3.95. The number of alkyl halides is 6. The van der Waals surface area contributed by atoms with Gasteiger partial charge in [0.05, 0.1) is 28.9 Å². The molecule has 2 N–H and O–H groups in total. The number of ether oxygens (including phenoxy) is 1. The number of rotatable bonds is 6. The van der Waals surface area contributed by atoms with Gasteiger partial charge in [-0.25, -0.2) is 4.98 Å². The maximum absolute atomic E-state index is 12.8. The molecule has 13 heteroatoms. The highest BCUT2D eigenvalue weighted by Gasteiger charge is 2.38. The number of carbonyl (C=O) groups is 1.